The van der Waals surface area contributed by atoms with Gasteiger partial charge in [0, 0.05) is 16.2 Å². The van der Waals surface area contributed by atoms with E-state index in [9.17, 15) is 0 Å². The minimum absolute atomic E-state index is 0.469. The minimum Gasteiger partial charge on any atom is -0.378 e. The maximum atomic E-state index is 5.70. The summed E-state index contributed by atoms with van der Waals surface area (Å²) in [6.07, 6.45) is 5.14. The Labute approximate surface area is 117 Å². The standard InChI is InChI=1S/C14H20INO/c1-16-13(10-14-3-2-8-17-14)9-11-4-6-12(15)7-5-11/h4-7,13-14,16H,2-3,8-10H2,1H3. The second-order valence-electron chi connectivity index (χ2n) is 4.69. The van der Waals surface area contributed by atoms with E-state index in [0.29, 0.717) is 12.1 Å². The van der Waals surface area contributed by atoms with Crippen LogP contribution in [0.5, 0.6) is 0 Å². The monoisotopic (exact) mass is 345 g/mol. The van der Waals surface area contributed by atoms with Crippen molar-refractivity contribution in [1.29, 1.82) is 0 Å². The van der Waals surface area contributed by atoms with Crippen molar-refractivity contribution in [3.05, 3.63) is 33.4 Å². The highest BCUT2D eigenvalue weighted by Gasteiger charge is 2.19. The van der Waals surface area contributed by atoms with Crippen LogP contribution in [-0.2, 0) is 11.2 Å². The number of rotatable bonds is 5. The Morgan fingerprint density at radius 2 is 2.18 bits per heavy atom. The maximum absolute atomic E-state index is 5.70. The molecule has 2 rings (SSSR count). The van der Waals surface area contributed by atoms with Gasteiger partial charge in [-0.1, -0.05) is 12.1 Å². The molecular formula is C14H20INO. The predicted molar refractivity (Wildman–Crippen MR) is 79.3 cm³/mol. The van der Waals surface area contributed by atoms with Crippen molar-refractivity contribution in [3.8, 4) is 0 Å². The van der Waals surface area contributed by atoms with Crippen LogP contribution in [0.4, 0.5) is 0 Å². The molecule has 2 nitrogen and oxygen atoms in total. The van der Waals surface area contributed by atoms with Crippen LogP contribution in [0.1, 0.15) is 24.8 Å². The molecule has 0 aromatic heterocycles. The number of likely N-dealkylation sites (N-methyl/N-ethyl adjacent to an activating group) is 1. The normalized spacial score (nSPS) is 21.6. The Kier molecular flexibility index (Phi) is 5.25. The van der Waals surface area contributed by atoms with Crippen molar-refractivity contribution in [2.45, 2.75) is 37.8 Å². The number of halogens is 1. The molecule has 17 heavy (non-hydrogen) atoms. The number of ether oxygens (including phenoxy) is 1. The Morgan fingerprint density at radius 1 is 1.41 bits per heavy atom. The first kappa shape index (κ1) is 13.3. The van der Waals surface area contributed by atoms with Crippen molar-refractivity contribution in [2.75, 3.05) is 13.7 Å². The number of hydrogen-bond acceptors (Lipinski definition) is 2. The van der Waals surface area contributed by atoms with Gasteiger partial charge in [-0.15, -0.1) is 0 Å². The summed E-state index contributed by atoms with van der Waals surface area (Å²) >= 11 is 2.34. The molecule has 0 aliphatic carbocycles. The van der Waals surface area contributed by atoms with Gasteiger partial charge in [0.1, 0.15) is 0 Å². The zero-order valence-electron chi connectivity index (χ0n) is 10.3. The predicted octanol–water partition coefficient (Wildman–Crippen LogP) is 2.99. The molecule has 1 aliphatic rings. The molecule has 1 heterocycles. The summed E-state index contributed by atoms with van der Waals surface area (Å²) in [5.74, 6) is 0. The first-order valence-electron chi connectivity index (χ1n) is 6.31. The van der Waals surface area contributed by atoms with Gasteiger partial charge in [-0.25, -0.2) is 0 Å². The molecule has 1 N–H and O–H groups in total. The van der Waals surface area contributed by atoms with Gasteiger partial charge in [0.05, 0.1) is 6.10 Å². The number of nitrogens with one attached hydrogen (secondary N) is 1. The molecular weight excluding hydrogens is 325 g/mol. The summed E-state index contributed by atoms with van der Waals surface area (Å²) in [4.78, 5) is 0. The van der Waals surface area contributed by atoms with Gasteiger partial charge >= 0.3 is 0 Å². The molecule has 1 fully saturated rings. The lowest BCUT2D eigenvalue weighted by atomic mass is 9.99. The van der Waals surface area contributed by atoms with E-state index in [-0.39, 0.29) is 0 Å². The first-order valence-corrected chi connectivity index (χ1v) is 7.39. The summed E-state index contributed by atoms with van der Waals surface area (Å²) in [6, 6.07) is 9.32. The molecule has 1 aromatic carbocycles. The molecule has 2 atom stereocenters. The van der Waals surface area contributed by atoms with Crippen LogP contribution in [-0.4, -0.2) is 25.8 Å². The van der Waals surface area contributed by atoms with E-state index in [1.165, 1.54) is 22.0 Å². The summed E-state index contributed by atoms with van der Waals surface area (Å²) in [7, 11) is 2.05. The van der Waals surface area contributed by atoms with Gasteiger partial charge in [-0.2, -0.15) is 0 Å². The van der Waals surface area contributed by atoms with E-state index in [1.54, 1.807) is 0 Å². The van der Waals surface area contributed by atoms with Crippen LogP contribution in [0.25, 0.3) is 0 Å². The summed E-state index contributed by atoms with van der Waals surface area (Å²) in [5, 5.41) is 3.41. The van der Waals surface area contributed by atoms with Crippen molar-refractivity contribution in [3.63, 3.8) is 0 Å². The molecule has 1 aromatic rings. The van der Waals surface area contributed by atoms with Crippen LogP contribution in [0.3, 0.4) is 0 Å². The molecule has 2 unspecified atom stereocenters. The largest absolute Gasteiger partial charge is 0.378 e. The zero-order valence-corrected chi connectivity index (χ0v) is 12.4. The zero-order chi connectivity index (χ0) is 12.1. The Morgan fingerprint density at radius 3 is 2.76 bits per heavy atom. The van der Waals surface area contributed by atoms with Gasteiger partial charge in [-0.3, -0.25) is 0 Å². The van der Waals surface area contributed by atoms with E-state index in [0.717, 1.165) is 19.4 Å². The average molecular weight is 345 g/mol. The Balaban J connectivity index is 1.87. The molecule has 94 valence electrons. The minimum atomic E-state index is 0.469. The molecule has 0 saturated carbocycles. The van der Waals surface area contributed by atoms with Crippen molar-refractivity contribution in [1.82, 2.24) is 5.32 Å². The fourth-order valence-corrected chi connectivity index (χ4v) is 2.72. The van der Waals surface area contributed by atoms with Gasteiger partial charge in [-0.05, 0) is 73.0 Å². The maximum Gasteiger partial charge on any atom is 0.0590 e. The first-order chi connectivity index (χ1) is 8.28. The molecule has 0 spiro atoms. The van der Waals surface area contributed by atoms with Crippen LogP contribution < -0.4 is 5.32 Å². The molecule has 1 aliphatic heterocycles. The third-order valence-electron chi connectivity index (χ3n) is 3.38. The van der Waals surface area contributed by atoms with Crippen LogP contribution >= 0.6 is 22.6 Å². The highest BCUT2D eigenvalue weighted by Crippen LogP contribution is 2.19. The molecule has 1 saturated heterocycles. The van der Waals surface area contributed by atoms with E-state index in [4.69, 9.17) is 4.74 Å². The fraction of sp³-hybridized carbons (Fsp3) is 0.571. The van der Waals surface area contributed by atoms with Gasteiger partial charge in [0.25, 0.3) is 0 Å². The van der Waals surface area contributed by atoms with Crippen LogP contribution in [0, 0.1) is 3.57 Å². The Bertz CT molecular complexity index is 333. The SMILES string of the molecule is CNC(Cc1ccc(I)cc1)CC1CCCO1. The van der Waals surface area contributed by atoms with E-state index >= 15 is 0 Å². The summed E-state index contributed by atoms with van der Waals surface area (Å²) < 4.78 is 7.00. The quantitative estimate of drug-likeness (QED) is 0.829. The van der Waals surface area contributed by atoms with Crippen molar-refractivity contribution in [2.24, 2.45) is 0 Å². The molecule has 0 radical (unpaired) electrons. The molecule has 3 heteroatoms. The summed E-state index contributed by atoms with van der Waals surface area (Å²) in [6.45, 7) is 0.949. The second-order valence-corrected chi connectivity index (χ2v) is 5.93. The summed E-state index contributed by atoms with van der Waals surface area (Å²) in [5.41, 5.74) is 1.41. The van der Waals surface area contributed by atoms with E-state index in [1.807, 2.05) is 7.05 Å². The van der Waals surface area contributed by atoms with Crippen LogP contribution in [0.15, 0.2) is 24.3 Å². The molecule has 0 amide bonds. The van der Waals surface area contributed by atoms with Gasteiger partial charge < -0.3 is 10.1 Å². The van der Waals surface area contributed by atoms with E-state index in [2.05, 4.69) is 52.2 Å². The van der Waals surface area contributed by atoms with Gasteiger partial charge in [0.2, 0.25) is 0 Å². The Hall–Kier alpha value is -0.130. The smallest absolute Gasteiger partial charge is 0.0590 e. The lowest BCUT2D eigenvalue weighted by Crippen LogP contribution is -2.31. The third kappa shape index (κ3) is 4.23. The highest BCUT2D eigenvalue weighted by atomic mass is 127. The number of hydrogen-bond donors (Lipinski definition) is 1. The highest BCUT2D eigenvalue weighted by molar-refractivity contribution is 14.1. The lowest BCUT2D eigenvalue weighted by Gasteiger charge is -2.20. The fourth-order valence-electron chi connectivity index (χ4n) is 2.36. The van der Waals surface area contributed by atoms with Crippen molar-refractivity contribution < 1.29 is 4.74 Å². The average Bonchev–Trinajstić information content (AvgIpc) is 2.84. The third-order valence-corrected chi connectivity index (χ3v) is 4.09. The van der Waals surface area contributed by atoms with Crippen LogP contribution in [0.2, 0.25) is 0 Å². The van der Waals surface area contributed by atoms with Crippen molar-refractivity contribution >= 4 is 22.6 Å². The second kappa shape index (κ2) is 6.71. The van der Waals surface area contributed by atoms with E-state index < -0.39 is 0 Å². The number of benzene rings is 1. The van der Waals surface area contributed by atoms with Gasteiger partial charge in [0.15, 0.2) is 0 Å². The topological polar surface area (TPSA) is 21.3 Å². The lowest BCUT2D eigenvalue weighted by molar-refractivity contribution is 0.0954. The molecule has 0 bridgehead atoms.